The predicted molar refractivity (Wildman–Crippen MR) is 159 cm³/mol. The number of carbonyl (C=O) groups excluding carboxylic acids is 5. The first kappa shape index (κ1) is 35.7. The molecule has 0 radical (unpaired) electrons. The van der Waals surface area contributed by atoms with E-state index in [9.17, 15) is 24.0 Å². The molecule has 12 heteroatoms. The molecule has 4 amide bonds. The fraction of sp³-hybridized carbons (Fsp3) is 0.621. The van der Waals surface area contributed by atoms with E-state index in [0.29, 0.717) is 18.6 Å². The van der Waals surface area contributed by atoms with Gasteiger partial charge in [0.2, 0.25) is 17.7 Å². The quantitative estimate of drug-likeness (QED) is 0.213. The number of alkyl carbamates (subject to hydrolysis) is 1. The van der Waals surface area contributed by atoms with Crippen molar-refractivity contribution in [1.29, 1.82) is 0 Å². The first-order valence-electron chi connectivity index (χ1n) is 13.7. The number of hydrogen-bond acceptors (Lipinski definition) is 8. The summed E-state index contributed by atoms with van der Waals surface area (Å²) in [6.45, 7) is 9.06. The molecule has 11 nitrogen and oxygen atoms in total. The molecule has 0 saturated carbocycles. The Kier molecular flexibility index (Phi) is 15.9. The summed E-state index contributed by atoms with van der Waals surface area (Å²) in [6, 6.07) is 6.36. The Morgan fingerprint density at radius 3 is 2.05 bits per heavy atom. The molecule has 0 aliphatic carbocycles. The van der Waals surface area contributed by atoms with Crippen molar-refractivity contribution in [3.8, 4) is 0 Å². The second kappa shape index (κ2) is 18.2. The van der Waals surface area contributed by atoms with Crippen molar-refractivity contribution in [3.05, 3.63) is 35.9 Å². The van der Waals surface area contributed by atoms with Gasteiger partial charge in [0.1, 0.15) is 23.7 Å². The number of esters is 1. The fourth-order valence-corrected chi connectivity index (χ4v) is 4.25. The third-order valence-corrected chi connectivity index (χ3v) is 6.37. The van der Waals surface area contributed by atoms with E-state index in [-0.39, 0.29) is 25.3 Å². The van der Waals surface area contributed by atoms with Crippen molar-refractivity contribution < 1.29 is 33.4 Å². The standard InChI is InChI=1S/C29H46N4O7S/c1-19(2)17-22(31-26(36)21(14-16-41-7)33-28(38)40-29(3,4)5)27(37)32-23(18-20-11-9-8-10-12-20)25(35)30-15-13-24(34)39-6/h8-12,19,21-23H,13-18H2,1-7H3,(H,30,35)(H,31,36)(H,32,37)(H,33,38)/t21-,22-,23-/m0/s1. The minimum atomic E-state index is -0.958. The molecular formula is C29H46N4O7S. The Labute approximate surface area is 247 Å². The first-order chi connectivity index (χ1) is 19.2. The van der Waals surface area contributed by atoms with Gasteiger partial charge in [-0.1, -0.05) is 44.2 Å². The van der Waals surface area contributed by atoms with Crippen LogP contribution >= 0.6 is 11.8 Å². The number of carbonyl (C=O) groups is 5. The molecule has 0 spiro atoms. The number of thioether (sulfide) groups is 1. The molecule has 4 N–H and O–H groups in total. The lowest BCUT2D eigenvalue weighted by Crippen LogP contribution is -2.57. The summed E-state index contributed by atoms with van der Waals surface area (Å²) in [5.74, 6) is -1.35. The largest absolute Gasteiger partial charge is 0.469 e. The molecule has 0 fully saturated rings. The van der Waals surface area contributed by atoms with Gasteiger partial charge in [-0.15, -0.1) is 0 Å². The number of nitrogens with one attached hydrogen (secondary N) is 4. The maximum absolute atomic E-state index is 13.5. The van der Waals surface area contributed by atoms with Gasteiger partial charge in [0.05, 0.1) is 13.5 Å². The average Bonchev–Trinajstić information content (AvgIpc) is 2.89. The highest BCUT2D eigenvalue weighted by Crippen LogP contribution is 2.11. The Hall–Kier alpha value is -3.28. The number of amides is 4. The number of methoxy groups -OCH3 is 1. The van der Waals surface area contributed by atoms with Crippen LogP contribution in [0.3, 0.4) is 0 Å². The van der Waals surface area contributed by atoms with E-state index in [0.717, 1.165) is 5.56 Å². The SMILES string of the molecule is COC(=O)CCNC(=O)[C@H](Cc1ccccc1)NC(=O)[C@H](CC(C)C)NC(=O)[C@H](CCSC)NC(=O)OC(C)(C)C. The van der Waals surface area contributed by atoms with Gasteiger partial charge in [0.15, 0.2) is 0 Å². The third kappa shape index (κ3) is 15.3. The van der Waals surface area contributed by atoms with Crippen LogP contribution in [-0.4, -0.2) is 79.2 Å². The van der Waals surface area contributed by atoms with E-state index in [2.05, 4.69) is 26.0 Å². The summed E-state index contributed by atoms with van der Waals surface area (Å²) in [4.78, 5) is 63.7. The van der Waals surface area contributed by atoms with Crippen LogP contribution in [0.5, 0.6) is 0 Å². The van der Waals surface area contributed by atoms with Crippen molar-refractivity contribution in [2.45, 2.75) is 84.0 Å². The van der Waals surface area contributed by atoms with Crippen LogP contribution in [0.1, 0.15) is 59.4 Å². The van der Waals surface area contributed by atoms with Crippen molar-refractivity contribution in [1.82, 2.24) is 21.3 Å². The highest BCUT2D eigenvalue weighted by Gasteiger charge is 2.31. The van der Waals surface area contributed by atoms with E-state index in [1.807, 2.05) is 50.4 Å². The minimum absolute atomic E-state index is 0.0116. The van der Waals surface area contributed by atoms with Crippen molar-refractivity contribution in [3.63, 3.8) is 0 Å². The maximum atomic E-state index is 13.5. The number of benzene rings is 1. The van der Waals surface area contributed by atoms with Crippen LogP contribution in [-0.2, 0) is 35.1 Å². The first-order valence-corrected chi connectivity index (χ1v) is 15.1. The summed E-state index contributed by atoms with van der Waals surface area (Å²) in [7, 11) is 1.26. The Bertz CT molecular complexity index is 999. The summed E-state index contributed by atoms with van der Waals surface area (Å²) < 4.78 is 9.93. The molecule has 230 valence electrons. The summed E-state index contributed by atoms with van der Waals surface area (Å²) in [6.07, 6.45) is 2.00. The third-order valence-electron chi connectivity index (χ3n) is 5.73. The van der Waals surface area contributed by atoms with Crippen molar-refractivity contribution in [2.24, 2.45) is 5.92 Å². The molecule has 41 heavy (non-hydrogen) atoms. The Morgan fingerprint density at radius 2 is 1.49 bits per heavy atom. The molecule has 0 aromatic heterocycles. The lowest BCUT2D eigenvalue weighted by molar-refractivity contribution is -0.140. The topological polar surface area (TPSA) is 152 Å². The summed E-state index contributed by atoms with van der Waals surface area (Å²) in [5.41, 5.74) is 0.0830. The van der Waals surface area contributed by atoms with Gasteiger partial charge < -0.3 is 30.7 Å². The molecule has 0 aliphatic heterocycles. The summed E-state index contributed by atoms with van der Waals surface area (Å²) >= 11 is 1.52. The number of rotatable bonds is 16. The molecule has 0 aliphatic rings. The molecule has 3 atom stereocenters. The molecule has 0 bridgehead atoms. The molecule has 1 rings (SSSR count). The highest BCUT2D eigenvalue weighted by atomic mass is 32.2. The molecule has 0 heterocycles. The van der Waals surface area contributed by atoms with Gasteiger partial charge in [-0.25, -0.2) is 4.79 Å². The predicted octanol–water partition coefficient (Wildman–Crippen LogP) is 2.57. The molecular weight excluding hydrogens is 548 g/mol. The lowest BCUT2D eigenvalue weighted by Gasteiger charge is -2.27. The zero-order valence-electron chi connectivity index (χ0n) is 25.2. The minimum Gasteiger partial charge on any atom is -0.469 e. The van der Waals surface area contributed by atoms with Gasteiger partial charge in [0, 0.05) is 13.0 Å². The second-order valence-corrected chi connectivity index (χ2v) is 12.0. The van der Waals surface area contributed by atoms with E-state index in [1.54, 1.807) is 20.8 Å². The van der Waals surface area contributed by atoms with Gasteiger partial charge in [0.25, 0.3) is 0 Å². The second-order valence-electron chi connectivity index (χ2n) is 11.0. The van der Waals surface area contributed by atoms with Crippen molar-refractivity contribution >= 4 is 41.5 Å². The van der Waals surface area contributed by atoms with Crippen LogP contribution in [0, 0.1) is 5.92 Å². The Balaban J connectivity index is 3.08. The van der Waals surface area contributed by atoms with E-state index < -0.39 is 53.5 Å². The van der Waals surface area contributed by atoms with Crippen LogP contribution in [0.25, 0.3) is 0 Å². The molecule has 0 saturated heterocycles. The maximum Gasteiger partial charge on any atom is 0.408 e. The number of hydrogen-bond donors (Lipinski definition) is 4. The monoisotopic (exact) mass is 594 g/mol. The molecule has 0 unspecified atom stereocenters. The van der Waals surface area contributed by atoms with Crippen LogP contribution in [0.15, 0.2) is 30.3 Å². The summed E-state index contributed by atoms with van der Waals surface area (Å²) in [5, 5.41) is 10.8. The normalized spacial score (nSPS) is 13.4. The van der Waals surface area contributed by atoms with Gasteiger partial charge in [-0.3, -0.25) is 19.2 Å². The lowest BCUT2D eigenvalue weighted by atomic mass is 10.0. The zero-order valence-corrected chi connectivity index (χ0v) is 26.0. The fourth-order valence-electron chi connectivity index (χ4n) is 3.77. The van der Waals surface area contributed by atoms with E-state index in [1.165, 1.54) is 18.9 Å². The van der Waals surface area contributed by atoms with Crippen LogP contribution in [0.4, 0.5) is 4.79 Å². The van der Waals surface area contributed by atoms with E-state index in [4.69, 9.17) is 4.74 Å². The highest BCUT2D eigenvalue weighted by molar-refractivity contribution is 7.98. The van der Waals surface area contributed by atoms with Crippen LogP contribution in [0.2, 0.25) is 0 Å². The zero-order chi connectivity index (χ0) is 31.0. The van der Waals surface area contributed by atoms with Crippen molar-refractivity contribution in [2.75, 3.05) is 25.7 Å². The average molecular weight is 595 g/mol. The molecule has 1 aromatic rings. The van der Waals surface area contributed by atoms with Gasteiger partial charge >= 0.3 is 12.1 Å². The van der Waals surface area contributed by atoms with Gasteiger partial charge in [-0.2, -0.15) is 11.8 Å². The smallest absolute Gasteiger partial charge is 0.408 e. The number of ether oxygens (including phenoxy) is 2. The van der Waals surface area contributed by atoms with E-state index >= 15 is 0 Å². The van der Waals surface area contributed by atoms with Crippen LogP contribution < -0.4 is 21.3 Å². The molecule has 1 aromatic carbocycles. The Morgan fingerprint density at radius 1 is 0.878 bits per heavy atom. The van der Waals surface area contributed by atoms with Gasteiger partial charge in [-0.05, 0) is 57.1 Å².